The smallest absolute Gasteiger partial charge is 0.343 e. The van der Waals surface area contributed by atoms with Crippen LogP contribution in [0.3, 0.4) is 0 Å². The van der Waals surface area contributed by atoms with E-state index >= 15 is 0 Å². The summed E-state index contributed by atoms with van der Waals surface area (Å²) in [4.78, 5) is 12.1. The molecule has 0 fully saturated rings. The summed E-state index contributed by atoms with van der Waals surface area (Å²) < 4.78 is 6.81. The Labute approximate surface area is 97.3 Å². The van der Waals surface area contributed by atoms with Crippen molar-refractivity contribution in [3.05, 3.63) is 23.8 Å². The summed E-state index contributed by atoms with van der Waals surface area (Å²) in [7, 11) is 1.75. The third-order valence-electron chi connectivity index (χ3n) is 1.96. The van der Waals surface area contributed by atoms with E-state index in [-0.39, 0.29) is 12.0 Å². The van der Waals surface area contributed by atoms with Crippen LogP contribution in [0.4, 0.5) is 0 Å². The normalized spacial score (nSPS) is 10.4. The maximum Gasteiger partial charge on any atom is 0.343 e. The molecule has 84 valence electrons. The summed E-state index contributed by atoms with van der Waals surface area (Å²) in [6.45, 7) is 1.85. The van der Waals surface area contributed by atoms with E-state index < -0.39 is 0 Å². The molecule has 0 saturated heterocycles. The van der Waals surface area contributed by atoms with Crippen LogP contribution in [0.25, 0.3) is 0 Å². The minimum atomic E-state index is 0.220. The van der Waals surface area contributed by atoms with Gasteiger partial charge in [-0.05, 0) is 6.92 Å². The molecule has 0 aliphatic carbocycles. The molecule has 0 bridgehead atoms. The molecule has 0 saturated carbocycles. The van der Waals surface area contributed by atoms with Gasteiger partial charge in [-0.3, -0.25) is 4.68 Å². The molecule has 2 heterocycles. The van der Waals surface area contributed by atoms with Crippen LogP contribution < -0.4 is 4.74 Å². The summed E-state index contributed by atoms with van der Waals surface area (Å²) in [6.07, 6.45) is 3.17. The van der Waals surface area contributed by atoms with Gasteiger partial charge < -0.3 is 4.74 Å². The highest BCUT2D eigenvalue weighted by Gasteiger charge is 2.07. The molecule has 0 aliphatic heterocycles. The lowest BCUT2D eigenvalue weighted by molar-refractivity contribution is 0.403. The number of hydrogen-bond donors (Lipinski definition) is 0. The van der Waals surface area contributed by atoms with Crippen LogP contribution >= 0.6 is 11.6 Å². The molecule has 0 N–H and O–H groups in total. The lowest BCUT2D eigenvalue weighted by atomic mass is 10.3. The van der Waals surface area contributed by atoms with Crippen molar-refractivity contribution < 1.29 is 4.74 Å². The average molecular weight is 240 g/mol. The summed E-state index contributed by atoms with van der Waals surface area (Å²) in [5.41, 5.74) is 1.67. The Kier molecular flexibility index (Phi) is 3.00. The second-order valence-corrected chi connectivity index (χ2v) is 3.47. The van der Waals surface area contributed by atoms with Crippen molar-refractivity contribution in [2.75, 3.05) is 0 Å². The highest BCUT2D eigenvalue weighted by Crippen LogP contribution is 2.14. The zero-order valence-electron chi connectivity index (χ0n) is 8.88. The molecule has 0 atom stereocenters. The predicted octanol–water partition coefficient (Wildman–Crippen LogP) is 1.44. The van der Waals surface area contributed by atoms with E-state index in [4.69, 9.17) is 16.3 Å². The van der Waals surface area contributed by atoms with E-state index in [1.165, 1.54) is 11.0 Å². The lowest BCUT2D eigenvalue weighted by Crippen LogP contribution is -1.98. The van der Waals surface area contributed by atoms with Gasteiger partial charge in [-0.25, -0.2) is 4.98 Å². The largest absolute Gasteiger partial charge is 0.387 e. The van der Waals surface area contributed by atoms with Gasteiger partial charge >= 0.3 is 12.0 Å². The molecule has 16 heavy (non-hydrogen) atoms. The Morgan fingerprint density at radius 1 is 1.38 bits per heavy atom. The number of ether oxygens (including phenoxy) is 1. The maximum absolute atomic E-state index is 5.70. The van der Waals surface area contributed by atoms with E-state index in [1.54, 1.807) is 13.2 Å². The molecule has 2 aromatic rings. The van der Waals surface area contributed by atoms with Gasteiger partial charge in [0.1, 0.15) is 6.33 Å². The van der Waals surface area contributed by atoms with Gasteiger partial charge in [0.15, 0.2) is 0 Å². The first kappa shape index (κ1) is 10.8. The maximum atomic E-state index is 5.70. The van der Waals surface area contributed by atoms with Crippen molar-refractivity contribution >= 4 is 11.6 Å². The number of hydrogen-bond acceptors (Lipinski definition) is 5. The second kappa shape index (κ2) is 4.44. The first-order valence-corrected chi connectivity index (χ1v) is 5.14. The molecule has 6 nitrogen and oxygen atoms in total. The average Bonchev–Trinajstić information content (AvgIpc) is 2.64. The molecule has 0 aliphatic rings. The summed E-state index contributed by atoms with van der Waals surface area (Å²) in [5, 5.41) is 3.96. The SMILES string of the molecule is Cc1nc(Oc2ncn(C)n2)ncc1CCl. The fourth-order valence-electron chi connectivity index (χ4n) is 1.10. The highest BCUT2D eigenvalue weighted by atomic mass is 35.5. The minimum absolute atomic E-state index is 0.220. The molecule has 7 heteroatoms. The number of nitrogens with zero attached hydrogens (tertiary/aromatic N) is 5. The Morgan fingerprint density at radius 2 is 2.19 bits per heavy atom. The first-order chi connectivity index (χ1) is 7.69. The molecule has 0 spiro atoms. The van der Waals surface area contributed by atoms with Gasteiger partial charge in [0.2, 0.25) is 0 Å². The van der Waals surface area contributed by atoms with Crippen molar-refractivity contribution in [3.8, 4) is 12.0 Å². The van der Waals surface area contributed by atoms with E-state index in [2.05, 4.69) is 20.1 Å². The predicted molar refractivity (Wildman–Crippen MR) is 57.4 cm³/mol. The van der Waals surface area contributed by atoms with Gasteiger partial charge in [-0.1, -0.05) is 0 Å². The van der Waals surface area contributed by atoms with Crippen LogP contribution in [0.2, 0.25) is 0 Å². The zero-order chi connectivity index (χ0) is 11.5. The van der Waals surface area contributed by atoms with Gasteiger partial charge in [0.05, 0.1) is 5.88 Å². The fraction of sp³-hybridized carbons (Fsp3) is 0.333. The first-order valence-electron chi connectivity index (χ1n) is 4.61. The molecule has 0 amide bonds. The molecule has 0 radical (unpaired) electrons. The number of aryl methyl sites for hydroxylation is 2. The van der Waals surface area contributed by atoms with E-state index in [0.717, 1.165) is 11.3 Å². The Balaban J connectivity index is 2.19. The van der Waals surface area contributed by atoms with Crippen molar-refractivity contribution in [1.29, 1.82) is 0 Å². The summed E-state index contributed by atoms with van der Waals surface area (Å²) >= 11 is 5.70. The van der Waals surface area contributed by atoms with E-state index in [0.29, 0.717) is 5.88 Å². The molecular weight excluding hydrogens is 230 g/mol. The fourth-order valence-corrected chi connectivity index (χ4v) is 1.36. The Morgan fingerprint density at radius 3 is 2.75 bits per heavy atom. The standard InChI is InChI=1S/C9H10ClN5O/c1-6-7(3-10)4-11-8(13-6)16-9-12-5-15(2)14-9/h4-5H,3H2,1-2H3. The van der Waals surface area contributed by atoms with Crippen LogP contribution in [0.1, 0.15) is 11.3 Å². The summed E-state index contributed by atoms with van der Waals surface area (Å²) in [5.74, 6) is 0.383. The summed E-state index contributed by atoms with van der Waals surface area (Å²) in [6, 6.07) is 0.443. The zero-order valence-corrected chi connectivity index (χ0v) is 9.64. The Bertz CT molecular complexity index is 498. The topological polar surface area (TPSA) is 65.7 Å². The molecule has 2 aromatic heterocycles. The third-order valence-corrected chi connectivity index (χ3v) is 2.25. The quantitative estimate of drug-likeness (QED) is 0.759. The number of halogens is 1. The Hall–Kier alpha value is -1.69. The van der Waals surface area contributed by atoms with Gasteiger partial charge in [0, 0.05) is 24.5 Å². The highest BCUT2D eigenvalue weighted by molar-refractivity contribution is 6.17. The molecule has 0 unspecified atom stereocenters. The van der Waals surface area contributed by atoms with Crippen LogP contribution in [0.5, 0.6) is 12.0 Å². The van der Waals surface area contributed by atoms with Crippen molar-refractivity contribution in [1.82, 2.24) is 24.7 Å². The van der Waals surface area contributed by atoms with Crippen LogP contribution in [0, 0.1) is 6.92 Å². The lowest BCUT2D eigenvalue weighted by Gasteiger charge is -2.02. The van der Waals surface area contributed by atoms with Gasteiger partial charge in [-0.15, -0.1) is 16.7 Å². The minimum Gasteiger partial charge on any atom is -0.387 e. The van der Waals surface area contributed by atoms with Crippen LogP contribution in [0.15, 0.2) is 12.5 Å². The van der Waals surface area contributed by atoms with E-state index in [1.807, 2.05) is 6.92 Å². The van der Waals surface area contributed by atoms with Crippen LogP contribution in [-0.4, -0.2) is 24.7 Å². The number of rotatable bonds is 3. The van der Waals surface area contributed by atoms with Crippen molar-refractivity contribution in [2.24, 2.45) is 7.05 Å². The second-order valence-electron chi connectivity index (χ2n) is 3.20. The number of aromatic nitrogens is 5. The monoisotopic (exact) mass is 239 g/mol. The van der Waals surface area contributed by atoms with Crippen molar-refractivity contribution in [2.45, 2.75) is 12.8 Å². The van der Waals surface area contributed by atoms with Gasteiger partial charge in [0.25, 0.3) is 0 Å². The van der Waals surface area contributed by atoms with Crippen molar-refractivity contribution in [3.63, 3.8) is 0 Å². The molecule has 2 rings (SSSR count). The third kappa shape index (κ3) is 2.27. The van der Waals surface area contributed by atoms with Gasteiger partial charge in [-0.2, -0.15) is 9.97 Å². The number of alkyl halides is 1. The molecule has 0 aromatic carbocycles. The van der Waals surface area contributed by atoms with Crippen LogP contribution in [-0.2, 0) is 12.9 Å². The van der Waals surface area contributed by atoms with E-state index in [9.17, 15) is 0 Å². The molecular formula is C9H10ClN5O.